The van der Waals surface area contributed by atoms with Crippen LogP contribution < -0.4 is 9.47 Å². The van der Waals surface area contributed by atoms with Gasteiger partial charge in [0.05, 0.1) is 19.8 Å². The van der Waals surface area contributed by atoms with E-state index in [9.17, 15) is 4.79 Å². The second-order valence-electron chi connectivity index (χ2n) is 5.39. The molecule has 0 bridgehead atoms. The van der Waals surface area contributed by atoms with Crippen LogP contribution >= 0.6 is 22.9 Å². The summed E-state index contributed by atoms with van der Waals surface area (Å²) in [6.45, 7) is 4.21. The summed E-state index contributed by atoms with van der Waals surface area (Å²) in [5.41, 5.74) is 0. The van der Waals surface area contributed by atoms with E-state index in [0.29, 0.717) is 54.4 Å². The lowest BCUT2D eigenvalue weighted by Gasteiger charge is -2.32. The number of thiophene rings is 1. The van der Waals surface area contributed by atoms with Gasteiger partial charge in [-0.3, -0.25) is 4.79 Å². The van der Waals surface area contributed by atoms with Gasteiger partial charge in [0.1, 0.15) is 23.3 Å². The number of carbonyl (C=O) groups excluding carboxylic acids is 1. The third-order valence-electron chi connectivity index (χ3n) is 3.70. The molecule has 1 atom stereocenters. The molecular formula is C17H19ClN2O4S. The van der Waals surface area contributed by atoms with Crippen molar-refractivity contribution in [3.8, 4) is 11.5 Å². The SMILES string of the molecule is CCOc1ccsc1C(=O)N1CCOC(COc2cccnc2Cl)C1. The normalized spacial score (nSPS) is 17.4. The van der Waals surface area contributed by atoms with E-state index in [1.165, 1.54) is 11.3 Å². The van der Waals surface area contributed by atoms with Gasteiger partial charge in [-0.25, -0.2) is 4.98 Å². The molecule has 0 radical (unpaired) electrons. The van der Waals surface area contributed by atoms with Crippen molar-refractivity contribution in [3.05, 3.63) is 39.8 Å². The molecule has 0 N–H and O–H groups in total. The van der Waals surface area contributed by atoms with Crippen LogP contribution in [0.4, 0.5) is 0 Å². The Balaban J connectivity index is 1.60. The van der Waals surface area contributed by atoms with Gasteiger partial charge in [0.2, 0.25) is 0 Å². The van der Waals surface area contributed by atoms with Crippen LogP contribution in [0, 0.1) is 0 Å². The molecule has 6 nitrogen and oxygen atoms in total. The number of carbonyl (C=O) groups is 1. The van der Waals surface area contributed by atoms with Crippen LogP contribution in [0.2, 0.25) is 5.15 Å². The highest BCUT2D eigenvalue weighted by atomic mass is 35.5. The number of aromatic nitrogens is 1. The maximum atomic E-state index is 12.8. The molecule has 134 valence electrons. The van der Waals surface area contributed by atoms with E-state index in [0.717, 1.165) is 0 Å². The summed E-state index contributed by atoms with van der Waals surface area (Å²) in [4.78, 5) is 19.1. The van der Waals surface area contributed by atoms with Gasteiger partial charge < -0.3 is 19.1 Å². The fraction of sp³-hybridized carbons (Fsp3) is 0.412. The van der Waals surface area contributed by atoms with E-state index < -0.39 is 0 Å². The van der Waals surface area contributed by atoms with E-state index in [2.05, 4.69) is 4.98 Å². The molecule has 1 aliphatic rings. The van der Waals surface area contributed by atoms with E-state index in [1.807, 2.05) is 18.4 Å². The van der Waals surface area contributed by atoms with Gasteiger partial charge in [-0.2, -0.15) is 0 Å². The predicted molar refractivity (Wildman–Crippen MR) is 95.9 cm³/mol. The molecule has 25 heavy (non-hydrogen) atoms. The molecule has 2 aromatic rings. The Bertz CT molecular complexity index is 724. The van der Waals surface area contributed by atoms with Gasteiger partial charge >= 0.3 is 0 Å². The number of rotatable bonds is 6. The van der Waals surface area contributed by atoms with Gasteiger partial charge in [0.15, 0.2) is 10.9 Å². The topological polar surface area (TPSA) is 60.9 Å². The van der Waals surface area contributed by atoms with Crippen LogP contribution in [0.5, 0.6) is 11.5 Å². The smallest absolute Gasteiger partial charge is 0.267 e. The monoisotopic (exact) mass is 382 g/mol. The van der Waals surface area contributed by atoms with E-state index >= 15 is 0 Å². The average molecular weight is 383 g/mol. The highest BCUT2D eigenvalue weighted by Gasteiger charge is 2.28. The first-order chi connectivity index (χ1) is 12.2. The largest absolute Gasteiger partial charge is 0.492 e. The summed E-state index contributed by atoms with van der Waals surface area (Å²) < 4.78 is 16.9. The van der Waals surface area contributed by atoms with Crippen molar-refractivity contribution in [2.45, 2.75) is 13.0 Å². The molecule has 0 saturated carbocycles. The fourth-order valence-electron chi connectivity index (χ4n) is 2.53. The van der Waals surface area contributed by atoms with Crippen LogP contribution in [-0.4, -0.2) is 54.8 Å². The molecule has 1 fully saturated rings. The molecule has 1 aliphatic heterocycles. The molecule has 1 amide bonds. The standard InChI is InChI=1S/C17H19ClN2O4S/c1-2-22-13-5-9-25-15(13)17(21)20-7-8-23-12(10-20)11-24-14-4-3-6-19-16(14)18/h3-6,9,12H,2,7-8,10-11H2,1H3. The molecule has 0 spiro atoms. The Morgan fingerprint density at radius 2 is 2.32 bits per heavy atom. The number of halogens is 1. The molecule has 2 aromatic heterocycles. The minimum atomic E-state index is -0.218. The van der Waals surface area contributed by atoms with Crippen molar-refractivity contribution in [1.29, 1.82) is 0 Å². The first kappa shape index (κ1) is 18.0. The Morgan fingerprint density at radius 3 is 3.12 bits per heavy atom. The summed E-state index contributed by atoms with van der Waals surface area (Å²) >= 11 is 7.37. The maximum Gasteiger partial charge on any atom is 0.267 e. The van der Waals surface area contributed by atoms with Crippen LogP contribution in [0.1, 0.15) is 16.6 Å². The summed E-state index contributed by atoms with van der Waals surface area (Å²) in [5, 5.41) is 2.18. The van der Waals surface area contributed by atoms with E-state index in [1.54, 1.807) is 23.2 Å². The quantitative estimate of drug-likeness (QED) is 0.718. The lowest BCUT2D eigenvalue weighted by molar-refractivity contribution is -0.0400. The zero-order valence-electron chi connectivity index (χ0n) is 13.8. The summed E-state index contributed by atoms with van der Waals surface area (Å²) in [6.07, 6.45) is 1.38. The molecule has 3 heterocycles. The van der Waals surface area contributed by atoms with Crippen LogP contribution in [0.25, 0.3) is 0 Å². The van der Waals surface area contributed by atoms with Crippen molar-refractivity contribution >= 4 is 28.8 Å². The van der Waals surface area contributed by atoms with Crippen LogP contribution in [0.3, 0.4) is 0 Å². The van der Waals surface area contributed by atoms with Crippen molar-refractivity contribution in [3.63, 3.8) is 0 Å². The third-order valence-corrected chi connectivity index (χ3v) is 4.87. The fourth-order valence-corrected chi connectivity index (χ4v) is 3.51. The second kappa shape index (κ2) is 8.51. The van der Waals surface area contributed by atoms with Crippen LogP contribution in [-0.2, 0) is 4.74 Å². The maximum absolute atomic E-state index is 12.8. The van der Waals surface area contributed by atoms with Crippen molar-refractivity contribution in [1.82, 2.24) is 9.88 Å². The molecule has 8 heteroatoms. The van der Waals surface area contributed by atoms with Gasteiger partial charge in [-0.1, -0.05) is 11.6 Å². The lowest BCUT2D eigenvalue weighted by atomic mass is 10.2. The second-order valence-corrected chi connectivity index (χ2v) is 6.67. The Labute approximate surface area is 155 Å². The van der Waals surface area contributed by atoms with Gasteiger partial charge in [0.25, 0.3) is 5.91 Å². The Hall–Kier alpha value is -1.83. The minimum absolute atomic E-state index is 0.0360. The first-order valence-electron chi connectivity index (χ1n) is 8.03. The van der Waals surface area contributed by atoms with Crippen LogP contribution in [0.15, 0.2) is 29.8 Å². The van der Waals surface area contributed by atoms with Crippen molar-refractivity contribution < 1.29 is 19.0 Å². The molecular weight excluding hydrogens is 364 g/mol. The molecule has 0 aromatic carbocycles. The number of morpholine rings is 1. The van der Waals surface area contributed by atoms with Gasteiger partial charge in [0, 0.05) is 12.7 Å². The zero-order valence-corrected chi connectivity index (χ0v) is 15.4. The first-order valence-corrected chi connectivity index (χ1v) is 9.29. The minimum Gasteiger partial charge on any atom is -0.492 e. The number of hydrogen-bond donors (Lipinski definition) is 0. The van der Waals surface area contributed by atoms with E-state index in [-0.39, 0.29) is 12.0 Å². The number of pyridine rings is 1. The summed E-state index contributed by atoms with van der Waals surface area (Å²) in [5.74, 6) is 1.11. The lowest BCUT2D eigenvalue weighted by Crippen LogP contribution is -2.47. The molecule has 3 rings (SSSR count). The average Bonchev–Trinajstić information content (AvgIpc) is 3.09. The number of amides is 1. The van der Waals surface area contributed by atoms with Crippen molar-refractivity contribution in [2.75, 3.05) is 32.9 Å². The van der Waals surface area contributed by atoms with Crippen molar-refractivity contribution in [2.24, 2.45) is 0 Å². The molecule has 1 saturated heterocycles. The van der Waals surface area contributed by atoms with E-state index in [4.69, 9.17) is 25.8 Å². The Kier molecular flexibility index (Phi) is 6.12. The third kappa shape index (κ3) is 4.42. The summed E-state index contributed by atoms with van der Waals surface area (Å²) in [6, 6.07) is 5.33. The highest BCUT2D eigenvalue weighted by molar-refractivity contribution is 7.12. The van der Waals surface area contributed by atoms with Gasteiger partial charge in [-0.15, -0.1) is 11.3 Å². The number of hydrogen-bond acceptors (Lipinski definition) is 6. The highest BCUT2D eigenvalue weighted by Crippen LogP contribution is 2.27. The number of ether oxygens (including phenoxy) is 3. The number of nitrogens with zero attached hydrogens (tertiary/aromatic N) is 2. The zero-order chi connectivity index (χ0) is 17.6. The predicted octanol–water partition coefficient (Wildman–Crippen LogP) is 3.12. The van der Waals surface area contributed by atoms with Gasteiger partial charge in [-0.05, 0) is 30.5 Å². The summed E-state index contributed by atoms with van der Waals surface area (Å²) in [7, 11) is 0. The Morgan fingerprint density at radius 1 is 1.44 bits per heavy atom. The molecule has 0 aliphatic carbocycles. The molecule has 1 unspecified atom stereocenters.